The molecule has 0 saturated heterocycles. The van der Waals surface area contributed by atoms with Gasteiger partial charge in [0.15, 0.2) is 0 Å². The number of hydrogen-bond acceptors (Lipinski definition) is 3. The second-order valence-electron chi connectivity index (χ2n) is 10.4. The van der Waals surface area contributed by atoms with E-state index in [9.17, 15) is 9.90 Å². The molecule has 0 bridgehead atoms. The van der Waals surface area contributed by atoms with Crippen LogP contribution in [0, 0.1) is 0 Å². The van der Waals surface area contributed by atoms with Gasteiger partial charge in [0.05, 0.1) is 0 Å². The number of nitrogens with zero attached hydrogens (tertiary/aromatic N) is 1. The minimum atomic E-state index is -0.900. The summed E-state index contributed by atoms with van der Waals surface area (Å²) in [7, 11) is 0. The maximum Gasteiger partial charge on any atom is 1.00 e. The minimum Gasteiger partial charge on any atom is -0.550 e. The Hall–Kier alpha value is 1.07. The van der Waals surface area contributed by atoms with Crippen LogP contribution in [-0.2, 0) is 4.79 Å². The second-order valence-corrected chi connectivity index (χ2v) is 10.4. The van der Waals surface area contributed by atoms with Gasteiger partial charge in [0.1, 0.15) is 0 Å². The van der Waals surface area contributed by atoms with Crippen molar-refractivity contribution in [3.63, 3.8) is 0 Å². The summed E-state index contributed by atoms with van der Waals surface area (Å²) in [4.78, 5) is 13.3. The first-order valence-electron chi connectivity index (χ1n) is 15.1. The van der Waals surface area contributed by atoms with Crippen molar-refractivity contribution >= 4 is 5.97 Å². The van der Waals surface area contributed by atoms with Gasteiger partial charge >= 0.3 is 51.4 Å². The predicted molar refractivity (Wildman–Crippen MR) is 144 cm³/mol. The van der Waals surface area contributed by atoms with Crippen LogP contribution in [-0.4, -0.2) is 30.5 Å². The minimum absolute atomic E-state index is 0. The third-order valence-corrected chi connectivity index (χ3v) is 7.01. The van der Waals surface area contributed by atoms with Gasteiger partial charge in [-0.05, 0) is 51.7 Å². The molecule has 0 unspecified atom stereocenters. The molecule has 0 aromatic heterocycles. The van der Waals surface area contributed by atoms with E-state index in [1.807, 2.05) is 0 Å². The van der Waals surface area contributed by atoms with Crippen molar-refractivity contribution < 1.29 is 61.3 Å². The van der Waals surface area contributed by atoms with E-state index in [4.69, 9.17) is 0 Å². The Bertz CT molecular complexity index is 368. The summed E-state index contributed by atoms with van der Waals surface area (Å²) in [5.74, 6) is -0.900. The van der Waals surface area contributed by atoms with Crippen molar-refractivity contribution in [2.24, 2.45) is 0 Å². The van der Waals surface area contributed by atoms with Crippen molar-refractivity contribution in [3.05, 3.63) is 0 Å². The molecule has 0 rings (SSSR count). The summed E-state index contributed by atoms with van der Waals surface area (Å²) in [6.45, 7) is 8.17. The van der Waals surface area contributed by atoms with Crippen LogP contribution in [0.1, 0.15) is 168 Å². The molecule has 0 fully saturated rings. The van der Waals surface area contributed by atoms with Crippen molar-refractivity contribution in [1.82, 2.24) is 4.90 Å². The van der Waals surface area contributed by atoms with Crippen LogP contribution in [0.15, 0.2) is 0 Å². The van der Waals surface area contributed by atoms with Gasteiger partial charge in [0.25, 0.3) is 0 Å². The van der Waals surface area contributed by atoms with Crippen LogP contribution in [0.3, 0.4) is 0 Å². The van der Waals surface area contributed by atoms with E-state index >= 15 is 0 Å². The average Bonchev–Trinajstić information content (AvgIpc) is 2.80. The van der Waals surface area contributed by atoms with Crippen molar-refractivity contribution in [2.75, 3.05) is 19.6 Å². The molecule has 4 heteroatoms. The molecule has 198 valence electrons. The molecule has 0 amide bonds. The molecule has 0 aliphatic heterocycles. The molecule has 0 aromatic carbocycles. The smallest absolute Gasteiger partial charge is 0.550 e. The molecule has 0 heterocycles. The van der Waals surface area contributed by atoms with Crippen LogP contribution < -0.4 is 56.5 Å². The van der Waals surface area contributed by atoms with Gasteiger partial charge in [-0.1, -0.05) is 136 Å². The Morgan fingerprint density at radius 2 is 0.735 bits per heavy atom. The molecule has 0 atom stereocenters. The molecular weight excluding hydrogens is 445 g/mol. The number of carboxylic acid groups (broad SMARTS) is 1. The van der Waals surface area contributed by atoms with E-state index in [2.05, 4.69) is 18.7 Å². The van der Waals surface area contributed by atoms with Gasteiger partial charge in [-0.3, -0.25) is 0 Å². The molecule has 3 nitrogen and oxygen atoms in total. The Kier molecular flexibility index (Phi) is 35.1. The van der Waals surface area contributed by atoms with Crippen LogP contribution in [0.25, 0.3) is 0 Å². The Morgan fingerprint density at radius 3 is 1.03 bits per heavy atom. The first-order valence-corrected chi connectivity index (χ1v) is 15.1. The average molecular weight is 506 g/mol. The number of rotatable bonds is 28. The van der Waals surface area contributed by atoms with Crippen LogP contribution >= 0.6 is 0 Å². The molecular formula is C30H60KNO2. The van der Waals surface area contributed by atoms with Crippen LogP contribution in [0.4, 0.5) is 0 Å². The van der Waals surface area contributed by atoms with Crippen LogP contribution in [0.2, 0.25) is 0 Å². The predicted octanol–water partition coefficient (Wildman–Crippen LogP) is 5.44. The molecule has 0 aliphatic rings. The van der Waals surface area contributed by atoms with E-state index in [-0.39, 0.29) is 57.8 Å². The van der Waals surface area contributed by atoms with E-state index < -0.39 is 5.97 Å². The number of aliphatic carboxylic acids is 1. The topological polar surface area (TPSA) is 43.4 Å². The van der Waals surface area contributed by atoms with Crippen molar-refractivity contribution in [2.45, 2.75) is 168 Å². The Morgan fingerprint density at radius 1 is 0.471 bits per heavy atom. The number of carbonyl (C=O) groups excluding carboxylic acids is 1. The maximum absolute atomic E-state index is 10.6. The zero-order chi connectivity index (χ0) is 24.2. The van der Waals surface area contributed by atoms with Crippen molar-refractivity contribution in [1.29, 1.82) is 0 Å². The third-order valence-electron chi connectivity index (χ3n) is 7.01. The van der Waals surface area contributed by atoms with E-state index in [1.165, 1.54) is 142 Å². The van der Waals surface area contributed by atoms with Gasteiger partial charge in [-0.2, -0.15) is 0 Å². The molecule has 34 heavy (non-hydrogen) atoms. The van der Waals surface area contributed by atoms with E-state index in [0.29, 0.717) is 0 Å². The first kappa shape index (κ1) is 37.2. The third kappa shape index (κ3) is 31.1. The Balaban J connectivity index is 0. The number of hydrogen-bond donors (Lipinski definition) is 0. The summed E-state index contributed by atoms with van der Waals surface area (Å²) < 4.78 is 0. The molecule has 0 radical (unpaired) electrons. The second kappa shape index (κ2) is 32.1. The zero-order valence-corrected chi connectivity index (χ0v) is 27.0. The zero-order valence-electron chi connectivity index (χ0n) is 23.9. The SMILES string of the molecule is CCCCCCCCCCCCN(CCCCCCCCCCCC)CCCCCC(=O)[O-].[K+]. The molecule has 0 saturated carbocycles. The quantitative estimate of drug-likeness (QED) is 0.105. The fraction of sp³-hybridized carbons (Fsp3) is 0.967. The largest absolute Gasteiger partial charge is 1.00 e. The summed E-state index contributed by atoms with van der Waals surface area (Å²) >= 11 is 0. The summed E-state index contributed by atoms with van der Waals surface area (Å²) in [5, 5.41) is 10.6. The fourth-order valence-electron chi connectivity index (χ4n) is 4.76. The monoisotopic (exact) mass is 505 g/mol. The molecule has 0 aromatic rings. The molecule has 0 spiro atoms. The normalized spacial score (nSPS) is 11.1. The van der Waals surface area contributed by atoms with E-state index in [0.717, 1.165) is 25.8 Å². The molecule has 0 N–H and O–H groups in total. The first-order chi connectivity index (χ1) is 16.2. The van der Waals surface area contributed by atoms with Crippen LogP contribution in [0.5, 0.6) is 0 Å². The summed E-state index contributed by atoms with van der Waals surface area (Å²) in [6, 6.07) is 0. The standard InChI is InChI=1S/C30H61NO2.K/c1-3-5-7-9-11-13-15-17-19-23-27-31(29-25-21-22-26-30(32)33)28-24-20-18-16-14-12-10-8-6-4-2;/h3-29H2,1-2H3,(H,32,33);/q;+1/p-1. The van der Waals surface area contributed by atoms with Crippen molar-refractivity contribution in [3.8, 4) is 0 Å². The van der Waals surface area contributed by atoms with Gasteiger partial charge in [0.2, 0.25) is 0 Å². The van der Waals surface area contributed by atoms with Gasteiger partial charge in [0, 0.05) is 5.97 Å². The Labute approximate surface area is 257 Å². The van der Waals surface area contributed by atoms with Gasteiger partial charge in [-0.15, -0.1) is 0 Å². The fourth-order valence-corrected chi connectivity index (χ4v) is 4.76. The summed E-state index contributed by atoms with van der Waals surface area (Å²) in [5.41, 5.74) is 0. The molecule has 0 aliphatic carbocycles. The maximum atomic E-state index is 10.6. The number of unbranched alkanes of at least 4 members (excludes halogenated alkanes) is 20. The van der Waals surface area contributed by atoms with Gasteiger partial charge in [-0.25, -0.2) is 0 Å². The summed E-state index contributed by atoms with van der Waals surface area (Å²) in [6.07, 6.45) is 31.0. The van der Waals surface area contributed by atoms with Gasteiger partial charge < -0.3 is 14.8 Å². The number of carbonyl (C=O) groups is 1. The number of carboxylic acids is 1. The van der Waals surface area contributed by atoms with E-state index in [1.54, 1.807) is 0 Å².